The summed E-state index contributed by atoms with van der Waals surface area (Å²) < 4.78 is 7.77. The third kappa shape index (κ3) is 2.65. The van der Waals surface area contributed by atoms with Crippen molar-refractivity contribution in [2.75, 3.05) is 7.05 Å². The minimum absolute atomic E-state index is 0.0447. The summed E-state index contributed by atoms with van der Waals surface area (Å²) in [6.07, 6.45) is 2.49. The molecule has 3 rings (SSSR count). The van der Waals surface area contributed by atoms with Gasteiger partial charge in [0.15, 0.2) is 6.10 Å². The highest BCUT2D eigenvalue weighted by atomic mass is 79.9. The molecule has 1 aromatic heterocycles. The van der Waals surface area contributed by atoms with Crippen molar-refractivity contribution in [3.05, 3.63) is 43.8 Å². The largest absolute Gasteiger partial charge is 0.483 e. The van der Waals surface area contributed by atoms with E-state index in [9.17, 15) is 0 Å². The summed E-state index contributed by atoms with van der Waals surface area (Å²) in [5, 5.41) is 4.26. The second-order valence-electron chi connectivity index (χ2n) is 4.37. The fourth-order valence-electron chi connectivity index (χ4n) is 2.28. The topological polar surface area (TPSA) is 34.2 Å². The summed E-state index contributed by atoms with van der Waals surface area (Å²) in [6.45, 7) is 0. The smallest absolute Gasteiger partial charge is 0.152 e. The summed E-state index contributed by atoms with van der Waals surface area (Å²) in [6, 6.07) is 6.39. The average Bonchev–Trinajstić information content (AvgIpc) is 2.83. The van der Waals surface area contributed by atoms with Crippen molar-refractivity contribution < 1.29 is 4.74 Å². The molecule has 19 heavy (non-hydrogen) atoms. The Kier molecular flexibility index (Phi) is 3.80. The maximum absolute atomic E-state index is 6.06. The number of nitrogens with zero attached hydrogens (tertiary/aromatic N) is 1. The fraction of sp³-hybridized carbons (Fsp3) is 0.308. The molecule has 0 amide bonds. The highest BCUT2D eigenvalue weighted by Gasteiger charge is 2.30. The molecule has 0 saturated heterocycles. The van der Waals surface area contributed by atoms with Crippen LogP contribution in [0, 0.1) is 0 Å². The summed E-state index contributed by atoms with van der Waals surface area (Å²) in [5.41, 5.74) is 1.18. The molecule has 2 unspecified atom stereocenters. The van der Waals surface area contributed by atoms with E-state index < -0.39 is 0 Å². The molecule has 2 aromatic rings. The number of ether oxygens (including phenoxy) is 1. The van der Waals surface area contributed by atoms with Gasteiger partial charge in [0.05, 0.1) is 6.20 Å². The second kappa shape index (κ2) is 5.40. The summed E-state index contributed by atoms with van der Waals surface area (Å²) in [7, 11) is 1.97. The zero-order valence-corrected chi connectivity index (χ0v) is 13.3. The number of nitrogens with one attached hydrogen (secondary N) is 1. The van der Waals surface area contributed by atoms with Crippen LogP contribution < -0.4 is 10.1 Å². The lowest BCUT2D eigenvalue weighted by Crippen LogP contribution is -2.26. The molecule has 0 fully saturated rings. The highest BCUT2D eigenvalue weighted by Crippen LogP contribution is 2.42. The van der Waals surface area contributed by atoms with Gasteiger partial charge in [-0.3, -0.25) is 0 Å². The van der Waals surface area contributed by atoms with Gasteiger partial charge in [0.25, 0.3) is 0 Å². The van der Waals surface area contributed by atoms with E-state index in [1.54, 1.807) is 6.20 Å². The molecule has 1 aliphatic heterocycles. The van der Waals surface area contributed by atoms with Crippen LogP contribution in [-0.2, 0) is 0 Å². The van der Waals surface area contributed by atoms with E-state index >= 15 is 0 Å². The van der Waals surface area contributed by atoms with Crippen LogP contribution in [0.15, 0.2) is 28.9 Å². The summed E-state index contributed by atoms with van der Waals surface area (Å²) in [4.78, 5) is 4.33. The van der Waals surface area contributed by atoms with Gasteiger partial charge in [-0.2, -0.15) is 0 Å². The molecule has 2 atom stereocenters. The predicted octanol–water partition coefficient (Wildman–Crippen LogP) is 4.34. The number of hydrogen-bond donors (Lipinski definition) is 1. The lowest BCUT2D eigenvalue weighted by Gasteiger charge is -2.31. The van der Waals surface area contributed by atoms with Crippen molar-refractivity contribution >= 4 is 38.9 Å². The van der Waals surface area contributed by atoms with Crippen LogP contribution in [0.4, 0.5) is 0 Å². The third-order valence-corrected chi connectivity index (χ3v) is 4.89. The van der Waals surface area contributed by atoms with E-state index in [4.69, 9.17) is 16.3 Å². The van der Waals surface area contributed by atoms with Gasteiger partial charge in [-0.05, 0) is 19.2 Å². The molecule has 0 bridgehead atoms. The van der Waals surface area contributed by atoms with Gasteiger partial charge in [-0.15, -0.1) is 11.3 Å². The quantitative estimate of drug-likeness (QED) is 0.866. The Morgan fingerprint density at radius 3 is 3.05 bits per heavy atom. The van der Waals surface area contributed by atoms with Gasteiger partial charge in [0.2, 0.25) is 0 Å². The van der Waals surface area contributed by atoms with Crippen LogP contribution in [0.25, 0.3) is 0 Å². The molecule has 0 aliphatic carbocycles. The zero-order chi connectivity index (χ0) is 13.4. The molecule has 1 N–H and O–H groups in total. The number of rotatable bonds is 2. The maximum Gasteiger partial charge on any atom is 0.152 e. The van der Waals surface area contributed by atoms with Crippen LogP contribution >= 0.6 is 38.9 Å². The molecule has 100 valence electrons. The zero-order valence-electron chi connectivity index (χ0n) is 10.2. The molecule has 6 heteroatoms. The van der Waals surface area contributed by atoms with Crippen molar-refractivity contribution in [2.24, 2.45) is 0 Å². The molecule has 3 nitrogen and oxygen atoms in total. The van der Waals surface area contributed by atoms with Gasteiger partial charge in [0, 0.05) is 22.5 Å². The van der Waals surface area contributed by atoms with Gasteiger partial charge in [-0.1, -0.05) is 33.6 Å². The van der Waals surface area contributed by atoms with Crippen LogP contribution in [0.1, 0.15) is 29.1 Å². The minimum Gasteiger partial charge on any atom is -0.483 e. The first kappa shape index (κ1) is 13.4. The molecule has 1 aromatic carbocycles. The first-order valence-corrected chi connectivity index (χ1v) is 7.90. The first-order chi connectivity index (χ1) is 9.17. The van der Waals surface area contributed by atoms with E-state index in [0.29, 0.717) is 4.34 Å². The number of hydrogen-bond acceptors (Lipinski definition) is 4. The number of halogens is 2. The first-order valence-electron chi connectivity index (χ1n) is 5.92. The van der Waals surface area contributed by atoms with Crippen molar-refractivity contribution in [1.82, 2.24) is 10.3 Å². The average molecular weight is 360 g/mol. The second-order valence-corrected chi connectivity index (χ2v) is 6.98. The molecule has 0 saturated carbocycles. The number of thiazole rings is 1. The SMILES string of the molecule is CNC1CC(c2ncc(Cl)s2)Oc2cc(Br)ccc21. The fourth-order valence-corrected chi connectivity index (χ4v) is 3.59. The molecule has 0 spiro atoms. The maximum atomic E-state index is 6.06. The molecule has 1 aliphatic rings. The van der Waals surface area contributed by atoms with Crippen LogP contribution in [0.2, 0.25) is 4.34 Å². The van der Waals surface area contributed by atoms with Crippen molar-refractivity contribution in [3.8, 4) is 5.75 Å². The molecular weight excluding hydrogens is 348 g/mol. The van der Waals surface area contributed by atoms with E-state index in [-0.39, 0.29) is 12.1 Å². The Labute approximate surface area is 129 Å². The lowest BCUT2D eigenvalue weighted by molar-refractivity contribution is 0.153. The van der Waals surface area contributed by atoms with E-state index in [0.717, 1.165) is 21.7 Å². The van der Waals surface area contributed by atoms with Gasteiger partial charge >= 0.3 is 0 Å². The van der Waals surface area contributed by atoms with Gasteiger partial charge in [-0.25, -0.2) is 4.98 Å². The van der Waals surface area contributed by atoms with Crippen molar-refractivity contribution in [1.29, 1.82) is 0 Å². The minimum atomic E-state index is -0.0447. The summed E-state index contributed by atoms with van der Waals surface area (Å²) >= 11 is 10.9. The number of aromatic nitrogens is 1. The standard InChI is InChI=1S/C13H12BrClN2OS/c1-16-9-5-11(13-17-6-12(15)19-13)18-10-4-7(14)2-3-8(9)10/h2-4,6,9,11,16H,5H2,1H3. The van der Waals surface area contributed by atoms with Crippen LogP contribution in [0.3, 0.4) is 0 Å². The molecule has 2 heterocycles. The van der Waals surface area contributed by atoms with Crippen molar-refractivity contribution in [2.45, 2.75) is 18.6 Å². The van der Waals surface area contributed by atoms with Crippen LogP contribution in [0.5, 0.6) is 5.75 Å². The Bertz CT molecular complexity index is 604. The number of benzene rings is 1. The van der Waals surface area contributed by atoms with Gasteiger partial charge in [0.1, 0.15) is 15.1 Å². The Hall–Kier alpha value is -0.620. The molecule has 0 radical (unpaired) electrons. The Morgan fingerprint density at radius 1 is 1.53 bits per heavy atom. The monoisotopic (exact) mass is 358 g/mol. The Balaban J connectivity index is 1.96. The van der Waals surface area contributed by atoms with Gasteiger partial charge < -0.3 is 10.1 Å². The predicted molar refractivity (Wildman–Crippen MR) is 81.1 cm³/mol. The van der Waals surface area contributed by atoms with Crippen LogP contribution in [-0.4, -0.2) is 12.0 Å². The number of fused-ring (bicyclic) bond motifs is 1. The van der Waals surface area contributed by atoms with E-state index in [1.165, 1.54) is 16.9 Å². The van der Waals surface area contributed by atoms with E-state index in [2.05, 4.69) is 32.3 Å². The van der Waals surface area contributed by atoms with Crippen molar-refractivity contribution in [3.63, 3.8) is 0 Å². The third-order valence-electron chi connectivity index (χ3n) is 3.19. The van der Waals surface area contributed by atoms with E-state index in [1.807, 2.05) is 19.2 Å². The molecular formula is C13H12BrClN2OS. The summed E-state index contributed by atoms with van der Waals surface area (Å²) in [5.74, 6) is 0.899. The Morgan fingerprint density at radius 2 is 2.37 bits per heavy atom. The lowest BCUT2D eigenvalue weighted by atomic mass is 9.97. The highest BCUT2D eigenvalue weighted by molar-refractivity contribution is 9.10. The normalized spacial score (nSPS) is 21.8.